The Labute approximate surface area is 184 Å². The first-order valence-corrected chi connectivity index (χ1v) is 10.5. The summed E-state index contributed by atoms with van der Waals surface area (Å²) in [7, 11) is 0. The summed E-state index contributed by atoms with van der Waals surface area (Å²) in [6, 6.07) is 15.6. The maximum atomic E-state index is 12.9. The van der Waals surface area contributed by atoms with E-state index in [1.807, 2.05) is 55.5 Å². The number of benzene rings is 2. The van der Waals surface area contributed by atoms with E-state index in [4.69, 9.17) is 4.74 Å². The zero-order valence-electron chi connectivity index (χ0n) is 16.9. The molecule has 0 saturated carbocycles. The lowest BCUT2D eigenvalue weighted by Gasteiger charge is -2.10. The number of halogens is 1. The van der Waals surface area contributed by atoms with Crippen LogP contribution in [0, 0.1) is 6.92 Å². The molecule has 0 bridgehead atoms. The molecule has 1 N–H and O–H groups in total. The van der Waals surface area contributed by atoms with Crippen LogP contribution in [-0.4, -0.2) is 30.0 Å². The second-order valence-electron chi connectivity index (χ2n) is 6.81. The third-order valence-electron chi connectivity index (χ3n) is 4.44. The number of pyridine rings is 1. The minimum absolute atomic E-state index is 0.131. The quantitative estimate of drug-likeness (QED) is 0.488. The lowest BCUT2D eigenvalue weighted by molar-refractivity contribution is -0.142. The molecule has 0 spiro atoms. The molecular weight excluding hydrogens is 444 g/mol. The predicted octanol–water partition coefficient (Wildman–Crippen LogP) is 5.16. The van der Waals surface area contributed by atoms with E-state index >= 15 is 0 Å². The van der Waals surface area contributed by atoms with Crippen LogP contribution in [0.25, 0.3) is 23.1 Å². The standard InChI is InChI=1S/C24H23BrN2O3/c1-3-30-23(28)11-12-26-24(29)21-15-19(9-7-17-6-4-5-16(2)13-17)27-22-10-8-18(25)14-20(21)22/h4-10,13-15H,3,11-12H2,1-2H3,(H,26,29)/b9-7+. The fourth-order valence-electron chi connectivity index (χ4n) is 3.05. The van der Waals surface area contributed by atoms with Crippen LogP contribution in [0.5, 0.6) is 0 Å². The number of ether oxygens (including phenoxy) is 1. The SMILES string of the molecule is CCOC(=O)CCNC(=O)c1cc(/C=C/c2cccc(C)c2)nc2ccc(Br)cc12. The minimum atomic E-state index is -0.332. The van der Waals surface area contributed by atoms with E-state index in [-0.39, 0.29) is 24.8 Å². The van der Waals surface area contributed by atoms with Crippen LogP contribution < -0.4 is 5.32 Å². The highest BCUT2D eigenvalue weighted by atomic mass is 79.9. The van der Waals surface area contributed by atoms with Crippen molar-refractivity contribution in [2.24, 2.45) is 0 Å². The number of hydrogen-bond acceptors (Lipinski definition) is 4. The van der Waals surface area contributed by atoms with E-state index < -0.39 is 0 Å². The fourth-order valence-corrected chi connectivity index (χ4v) is 3.41. The van der Waals surface area contributed by atoms with Crippen LogP contribution in [0.1, 0.15) is 40.5 Å². The molecule has 3 rings (SSSR count). The van der Waals surface area contributed by atoms with Crippen molar-refractivity contribution in [2.45, 2.75) is 20.3 Å². The van der Waals surface area contributed by atoms with Crippen LogP contribution in [0.3, 0.4) is 0 Å². The molecule has 0 saturated heterocycles. The number of aryl methyl sites for hydroxylation is 1. The van der Waals surface area contributed by atoms with Crippen molar-refractivity contribution in [1.29, 1.82) is 0 Å². The Hall–Kier alpha value is -2.99. The van der Waals surface area contributed by atoms with Crippen LogP contribution in [0.15, 0.2) is 53.0 Å². The molecule has 6 heteroatoms. The molecule has 1 heterocycles. The highest BCUT2D eigenvalue weighted by Gasteiger charge is 2.13. The van der Waals surface area contributed by atoms with Gasteiger partial charge in [-0.25, -0.2) is 4.98 Å². The summed E-state index contributed by atoms with van der Waals surface area (Å²) >= 11 is 3.46. The minimum Gasteiger partial charge on any atom is -0.466 e. The van der Waals surface area contributed by atoms with Crippen molar-refractivity contribution >= 4 is 50.9 Å². The zero-order valence-corrected chi connectivity index (χ0v) is 18.5. The van der Waals surface area contributed by atoms with Gasteiger partial charge >= 0.3 is 5.97 Å². The van der Waals surface area contributed by atoms with Crippen LogP contribution in [0.2, 0.25) is 0 Å². The Balaban J connectivity index is 1.88. The van der Waals surface area contributed by atoms with Gasteiger partial charge in [0.05, 0.1) is 29.8 Å². The van der Waals surface area contributed by atoms with Gasteiger partial charge in [0.25, 0.3) is 5.91 Å². The van der Waals surface area contributed by atoms with Gasteiger partial charge in [-0.1, -0.05) is 51.8 Å². The molecule has 0 aliphatic rings. The predicted molar refractivity (Wildman–Crippen MR) is 123 cm³/mol. The van der Waals surface area contributed by atoms with E-state index in [0.717, 1.165) is 20.9 Å². The normalized spacial score (nSPS) is 11.0. The van der Waals surface area contributed by atoms with Gasteiger partial charge in [-0.15, -0.1) is 0 Å². The molecule has 3 aromatic rings. The summed E-state index contributed by atoms with van der Waals surface area (Å²) in [5.41, 5.74) is 4.15. The van der Waals surface area contributed by atoms with Crippen LogP contribution in [0.4, 0.5) is 0 Å². The molecule has 1 amide bonds. The molecule has 0 atom stereocenters. The first kappa shape index (κ1) is 21.7. The molecule has 0 radical (unpaired) electrons. The molecule has 5 nitrogen and oxygen atoms in total. The number of amides is 1. The number of carbonyl (C=O) groups excluding carboxylic acids is 2. The van der Waals surface area contributed by atoms with Crippen molar-refractivity contribution in [3.05, 3.63) is 75.4 Å². The largest absolute Gasteiger partial charge is 0.466 e. The molecule has 30 heavy (non-hydrogen) atoms. The summed E-state index contributed by atoms with van der Waals surface area (Å²) < 4.78 is 5.76. The smallest absolute Gasteiger partial charge is 0.307 e. The van der Waals surface area contributed by atoms with E-state index in [1.54, 1.807) is 13.0 Å². The maximum absolute atomic E-state index is 12.9. The third kappa shape index (κ3) is 5.76. The van der Waals surface area contributed by atoms with Gasteiger partial charge in [0.2, 0.25) is 0 Å². The fraction of sp³-hybridized carbons (Fsp3) is 0.208. The number of rotatable bonds is 7. The van der Waals surface area contributed by atoms with E-state index in [0.29, 0.717) is 17.9 Å². The zero-order chi connectivity index (χ0) is 21.5. The van der Waals surface area contributed by atoms with Crippen molar-refractivity contribution < 1.29 is 14.3 Å². The van der Waals surface area contributed by atoms with Gasteiger partial charge in [0.1, 0.15) is 0 Å². The first-order chi connectivity index (χ1) is 14.5. The third-order valence-corrected chi connectivity index (χ3v) is 4.94. The Kier molecular flexibility index (Phi) is 7.36. The average molecular weight is 467 g/mol. The molecule has 0 aliphatic heterocycles. The average Bonchev–Trinajstić information content (AvgIpc) is 2.72. The van der Waals surface area contributed by atoms with Gasteiger partial charge in [0.15, 0.2) is 0 Å². The number of aromatic nitrogens is 1. The van der Waals surface area contributed by atoms with Gasteiger partial charge in [0, 0.05) is 16.4 Å². The van der Waals surface area contributed by atoms with Crippen LogP contribution in [-0.2, 0) is 9.53 Å². The highest BCUT2D eigenvalue weighted by molar-refractivity contribution is 9.10. The second kappa shape index (κ2) is 10.2. The highest BCUT2D eigenvalue weighted by Crippen LogP contribution is 2.24. The number of nitrogens with zero attached hydrogens (tertiary/aromatic N) is 1. The Morgan fingerprint density at radius 2 is 1.97 bits per heavy atom. The van der Waals surface area contributed by atoms with E-state index in [1.165, 1.54) is 5.56 Å². The summed E-state index contributed by atoms with van der Waals surface area (Å²) in [5, 5.41) is 3.54. The Morgan fingerprint density at radius 1 is 1.13 bits per heavy atom. The number of fused-ring (bicyclic) bond motifs is 1. The molecule has 1 aromatic heterocycles. The second-order valence-corrected chi connectivity index (χ2v) is 7.73. The topological polar surface area (TPSA) is 68.3 Å². The number of carbonyl (C=O) groups is 2. The molecule has 0 aliphatic carbocycles. The molecular formula is C24H23BrN2O3. The number of hydrogen-bond donors (Lipinski definition) is 1. The summed E-state index contributed by atoms with van der Waals surface area (Å²) in [4.78, 5) is 29.0. The van der Waals surface area contributed by atoms with Crippen molar-refractivity contribution in [1.82, 2.24) is 10.3 Å². The van der Waals surface area contributed by atoms with Gasteiger partial charge < -0.3 is 10.1 Å². The Bertz CT molecular complexity index is 1110. The molecule has 2 aromatic carbocycles. The summed E-state index contributed by atoms with van der Waals surface area (Å²) in [6.07, 6.45) is 4.00. The van der Waals surface area contributed by atoms with Gasteiger partial charge in [-0.05, 0) is 49.8 Å². The molecule has 0 fully saturated rings. The van der Waals surface area contributed by atoms with E-state index in [9.17, 15) is 9.59 Å². The Morgan fingerprint density at radius 3 is 2.73 bits per heavy atom. The monoisotopic (exact) mass is 466 g/mol. The van der Waals surface area contributed by atoms with Crippen molar-refractivity contribution in [3.8, 4) is 0 Å². The first-order valence-electron chi connectivity index (χ1n) is 9.75. The summed E-state index contributed by atoms with van der Waals surface area (Å²) in [5.74, 6) is -0.586. The molecule has 154 valence electrons. The molecule has 0 unspecified atom stereocenters. The van der Waals surface area contributed by atoms with Crippen molar-refractivity contribution in [3.63, 3.8) is 0 Å². The number of esters is 1. The van der Waals surface area contributed by atoms with Gasteiger partial charge in [-0.3, -0.25) is 9.59 Å². The maximum Gasteiger partial charge on any atom is 0.307 e. The number of nitrogens with one attached hydrogen (secondary N) is 1. The lowest BCUT2D eigenvalue weighted by atomic mass is 10.1. The van der Waals surface area contributed by atoms with E-state index in [2.05, 4.69) is 32.3 Å². The van der Waals surface area contributed by atoms with Crippen molar-refractivity contribution in [2.75, 3.05) is 13.2 Å². The van der Waals surface area contributed by atoms with Crippen LogP contribution >= 0.6 is 15.9 Å². The summed E-state index contributed by atoms with van der Waals surface area (Å²) in [6.45, 7) is 4.34. The van der Waals surface area contributed by atoms with Gasteiger partial charge in [-0.2, -0.15) is 0 Å². The lowest BCUT2D eigenvalue weighted by Crippen LogP contribution is -2.27.